The number of hydrogen-bond donors (Lipinski definition) is 1. The molecule has 0 aromatic heterocycles. The highest BCUT2D eigenvalue weighted by atomic mass is 16.5. The number of carbonyl (C=O) groups is 1. The van der Waals surface area contributed by atoms with Crippen molar-refractivity contribution in [3.05, 3.63) is 0 Å². The molecule has 1 N–H and O–H groups in total. The van der Waals surface area contributed by atoms with Gasteiger partial charge >= 0.3 is 0 Å². The SMILES string of the molecule is O=C1CO[C@@H](C2CC2)CN1. The maximum Gasteiger partial charge on any atom is 0.246 e. The van der Waals surface area contributed by atoms with Crippen LogP contribution in [0.4, 0.5) is 0 Å². The van der Waals surface area contributed by atoms with Crippen LogP contribution < -0.4 is 5.32 Å². The molecule has 1 aliphatic carbocycles. The molecule has 3 nitrogen and oxygen atoms in total. The Morgan fingerprint density at radius 3 is 2.80 bits per heavy atom. The van der Waals surface area contributed by atoms with Crippen molar-refractivity contribution in [3.63, 3.8) is 0 Å². The first-order valence-corrected chi connectivity index (χ1v) is 3.74. The van der Waals surface area contributed by atoms with E-state index in [-0.39, 0.29) is 12.5 Å². The van der Waals surface area contributed by atoms with Gasteiger partial charge in [-0.05, 0) is 18.8 Å². The first kappa shape index (κ1) is 6.16. The number of nitrogens with one attached hydrogen (secondary N) is 1. The summed E-state index contributed by atoms with van der Waals surface area (Å²) in [5, 5.41) is 2.79. The van der Waals surface area contributed by atoms with Crippen molar-refractivity contribution in [2.24, 2.45) is 5.92 Å². The van der Waals surface area contributed by atoms with Gasteiger partial charge in [-0.15, -0.1) is 0 Å². The average molecular weight is 141 g/mol. The largest absolute Gasteiger partial charge is 0.366 e. The van der Waals surface area contributed by atoms with E-state index in [0.29, 0.717) is 6.10 Å². The van der Waals surface area contributed by atoms with Gasteiger partial charge in [-0.25, -0.2) is 0 Å². The molecule has 1 aliphatic heterocycles. The fourth-order valence-electron chi connectivity index (χ4n) is 1.28. The molecule has 0 spiro atoms. The molecule has 2 rings (SSSR count). The van der Waals surface area contributed by atoms with Gasteiger partial charge in [0.15, 0.2) is 0 Å². The fourth-order valence-corrected chi connectivity index (χ4v) is 1.28. The lowest BCUT2D eigenvalue weighted by Crippen LogP contribution is -2.43. The molecule has 2 aliphatic rings. The van der Waals surface area contributed by atoms with Gasteiger partial charge in [0.25, 0.3) is 0 Å². The van der Waals surface area contributed by atoms with Crippen LogP contribution in [-0.4, -0.2) is 25.2 Å². The Kier molecular flexibility index (Phi) is 1.38. The van der Waals surface area contributed by atoms with Gasteiger partial charge < -0.3 is 10.1 Å². The summed E-state index contributed by atoms with van der Waals surface area (Å²) >= 11 is 0. The lowest BCUT2D eigenvalue weighted by atomic mass is 10.2. The van der Waals surface area contributed by atoms with Crippen LogP contribution in [0.5, 0.6) is 0 Å². The van der Waals surface area contributed by atoms with Crippen molar-refractivity contribution >= 4 is 5.91 Å². The van der Waals surface area contributed by atoms with E-state index in [2.05, 4.69) is 5.32 Å². The zero-order valence-electron chi connectivity index (χ0n) is 5.80. The van der Waals surface area contributed by atoms with Gasteiger partial charge in [-0.3, -0.25) is 4.79 Å². The van der Waals surface area contributed by atoms with Gasteiger partial charge in [-0.1, -0.05) is 0 Å². The highest BCUT2D eigenvalue weighted by molar-refractivity contribution is 5.77. The van der Waals surface area contributed by atoms with Crippen LogP contribution in [0.3, 0.4) is 0 Å². The van der Waals surface area contributed by atoms with Gasteiger partial charge in [0.1, 0.15) is 6.61 Å². The van der Waals surface area contributed by atoms with Crippen LogP contribution in [0.2, 0.25) is 0 Å². The highest BCUT2D eigenvalue weighted by Gasteiger charge is 2.34. The Hall–Kier alpha value is -0.570. The maximum atomic E-state index is 10.6. The Morgan fingerprint density at radius 2 is 2.30 bits per heavy atom. The zero-order valence-corrected chi connectivity index (χ0v) is 5.80. The van der Waals surface area contributed by atoms with Crippen LogP contribution in [0, 0.1) is 5.92 Å². The normalized spacial score (nSPS) is 33.6. The molecule has 2 fully saturated rings. The molecule has 3 heteroatoms. The second kappa shape index (κ2) is 2.23. The molecule has 1 amide bonds. The predicted molar refractivity (Wildman–Crippen MR) is 35.5 cm³/mol. The molecule has 0 aromatic rings. The van der Waals surface area contributed by atoms with Crippen LogP contribution in [0.1, 0.15) is 12.8 Å². The first-order chi connectivity index (χ1) is 4.86. The van der Waals surface area contributed by atoms with Crippen molar-refractivity contribution in [3.8, 4) is 0 Å². The molecule has 0 aromatic carbocycles. The maximum absolute atomic E-state index is 10.6. The third kappa shape index (κ3) is 1.14. The Balaban J connectivity index is 1.84. The average Bonchev–Trinajstić information content (AvgIpc) is 2.71. The van der Waals surface area contributed by atoms with E-state index in [1.54, 1.807) is 0 Å². The fraction of sp³-hybridized carbons (Fsp3) is 0.857. The molecule has 0 bridgehead atoms. The quantitative estimate of drug-likeness (QED) is 0.554. The second-order valence-corrected chi connectivity index (χ2v) is 2.99. The van der Waals surface area contributed by atoms with Gasteiger partial charge in [0, 0.05) is 6.54 Å². The second-order valence-electron chi connectivity index (χ2n) is 2.99. The zero-order chi connectivity index (χ0) is 6.97. The van der Waals surface area contributed by atoms with E-state index < -0.39 is 0 Å². The Bertz CT molecular complexity index is 144. The molecule has 10 heavy (non-hydrogen) atoms. The molecule has 0 radical (unpaired) electrons. The third-order valence-electron chi connectivity index (χ3n) is 2.08. The number of hydrogen-bond acceptors (Lipinski definition) is 2. The summed E-state index contributed by atoms with van der Waals surface area (Å²) in [7, 11) is 0. The van der Waals surface area contributed by atoms with Crippen LogP contribution in [0.15, 0.2) is 0 Å². The number of morpholine rings is 1. The standard InChI is InChI=1S/C7H11NO2/c9-7-4-10-6(3-8-7)5-1-2-5/h5-6H,1-4H2,(H,8,9)/t6-/m1/s1. The molecular weight excluding hydrogens is 130 g/mol. The number of amides is 1. The lowest BCUT2D eigenvalue weighted by Gasteiger charge is -2.22. The van der Waals surface area contributed by atoms with Gasteiger partial charge in [0.05, 0.1) is 6.10 Å². The molecule has 1 heterocycles. The summed E-state index contributed by atoms with van der Waals surface area (Å²) in [6.07, 6.45) is 2.87. The van der Waals surface area contributed by atoms with Crippen LogP contribution in [-0.2, 0) is 9.53 Å². The Morgan fingerprint density at radius 1 is 1.50 bits per heavy atom. The topological polar surface area (TPSA) is 38.3 Å². The van der Waals surface area contributed by atoms with Crippen molar-refractivity contribution < 1.29 is 9.53 Å². The monoisotopic (exact) mass is 141 g/mol. The van der Waals surface area contributed by atoms with E-state index in [1.165, 1.54) is 12.8 Å². The predicted octanol–water partition coefficient (Wildman–Crippen LogP) is -0.0886. The van der Waals surface area contributed by atoms with Gasteiger partial charge in [0.2, 0.25) is 5.91 Å². The smallest absolute Gasteiger partial charge is 0.246 e. The van der Waals surface area contributed by atoms with E-state index in [1.807, 2.05) is 0 Å². The van der Waals surface area contributed by atoms with E-state index in [4.69, 9.17) is 4.74 Å². The van der Waals surface area contributed by atoms with Gasteiger partial charge in [-0.2, -0.15) is 0 Å². The molecule has 1 saturated carbocycles. The number of carbonyl (C=O) groups excluding carboxylic acids is 1. The van der Waals surface area contributed by atoms with Crippen molar-refractivity contribution in [1.29, 1.82) is 0 Å². The number of rotatable bonds is 1. The molecular formula is C7H11NO2. The minimum atomic E-state index is 0.0249. The van der Waals surface area contributed by atoms with Crippen LogP contribution >= 0.6 is 0 Å². The van der Waals surface area contributed by atoms with E-state index >= 15 is 0 Å². The summed E-state index contributed by atoms with van der Waals surface area (Å²) in [6, 6.07) is 0. The van der Waals surface area contributed by atoms with Crippen molar-refractivity contribution in [2.45, 2.75) is 18.9 Å². The third-order valence-corrected chi connectivity index (χ3v) is 2.08. The first-order valence-electron chi connectivity index (χ1n) is 3.74. The van der Waals surface area contributed by atoms with Crippen molar-refractivity contribution in [1.82, 2.24) is 5.32 Å². The molecule has 0 unspecified atom stereocenters. The highest BCUT2D eigenvalue weighted by Crippen LogP contribution is 2.34. The molecule has 1 atom stereocenters. The van der Waals surface area contributed by atoms with Crippen LogP contribution in [0.25, 0.3) is 0 Å². The molecule has 1 saturated heterocycles. The Labute approximate surface area is 59.7 Å². The van der Waals surface area contributed by atoms with Crippen molar-refractivity contribution in [2.75, 3.05) is 13.2 Å². The van der Waals surface area contributed by atoms with E-state index in [9.17, 15) is 4.79 Å². The summed E-state index contributed by atoms with van der Waals surface area (Å²) in [5.41, 5.74) is 0. The lowest BCUT2D eigenvalue weighted by molar-refractivity contribution is -0.133. The minimum Gasteiger partial charge on any atom is -0.366 e. The summed E-state index contributed by atoms with van der Waals surface area (Å²) in [4.78, 5) is 10.6. The number of ether oxygens (including phenoxy) is 1. The summed E-state index contributed by atoms with van der Waals surface area (Å²) < 4.78 is 5.30. The van der Waals surface area contributed by atoms with E-state index in [0.717, 1.165) is 12.5 Å². The minimum absolute atomic E-state index is 0.0249. The molecule has 56 valence electrons. The summed E-state index contributed by atoms with van der Waals surface area (Å²) in [6.45, 7) is 0.991. The summed E-state index contributed by atoms with van der Waals surface area (Å²) in [5.74, 6) is 0.762.